The summed E-state index contributed by atoms with van der Waals surface area (Å²) in [4.78, 5) is 6.89. The van der Waals surface area contributed by atoms with E-state index in [2.05, 4.69) is 42.9 Å². The molecule has 0 fully saturated rings. The molecule has 4 nitrogen and oxygen atoms in total. The van der Waals surface area contributed by atoms with E-state index in [0.29, 0.717) is 5.92 Å². The maximum absolute atomic E-state index is 5.65. The second-order valence-electron chi connectivity index (χ2n) is 5.84. The van der Waals surface area contributed by atoms with Gasteiger partial charge in [-0.05, 0) is 25.3 Å². The van der Waals surface area contributed by atoms with Gasteiger partial charge in [-0.2, -0.15) is 4.98 Å². The molecular weight excluding hydrogens is 250 g/mol. The maximum Gasteiger partial charge on any atom is 0.297 e. The highest BCUT2D eigenvalue weighted by molar-refractivity contribution is 5.26. The Bertz CT molecular complexity index is 341. The predicted octanol–water partition coefficient (Wildman–Crippen LogP) is 3.83. The lowest BCUT2D eigenvalue weighted by Gasteiger charge is -2.19. The van der Waals surface area contributed by atoms with Crippen molar-refractivity contribution < 1.29 is 4.42 Å². The third-order valence-electron chi connectivity index (χ3n) is 3.23. The number of anilines is 1. The van der Waals surface area contributed by atoms with Crippen molar-refractivity contribution in [1.29, 1.82) is 0 Å². The molecule has 0 atom stereocenters. The summed E-state index contributed by atoms with van der Waals surface area (Å²) in [6, 6.07) is 0.785. The van der Waals surface area contributed by atoms with Crippen LogP contribution in [0.2, 0.25) is 0 Å². The molecule has 0 saturated heterocycles. The molecule has 0 spiro atoms. The second-order valence-corrected chi connectivity index (χ2v) is 5.84. The van der Waals surface area contributed by atoms with Gasteiger partial charge < -0.3 is 14.6 Å². The van der Waals surface area contributed by atoms with Crippen LogP contribution in [0.4, 0.5) is 6.01 Å². The molecule has 0 aliphatic carbocycles. The van der Waals surface area contributed by atoms with Crippen molar-refractivity contribution in [3.05, 3.63) is 12.0 Å². The van der Waals surface area contributed by atoms with Crippen LogP contribution in [0, 0.1) is 5.92 Å². The topological polar surface area (TPSA) is 41.3 Å². The molecule has 0 aliphatic heterocycles. The zero-order chi connectivity index (χ0) is 14.8. The summed E-state index contributed by atoms with van der Waals surface area (Å²) in [5, 5.41) is 3.40. The van der Waals surface area contributed by atoms with E-state index in [9.17, 15) is 0 Å². The molecule has 0 aromatic carbocycles. The number of unbranched alkanes of at least 4 members (excludes halogenated alkanes) is 2. The van der Waals surface area contributed by atoms with Crippen molar-refractivity contribution in [1.82, 2.24) is 10.3 Å². The predicted molar refractivity (Wildman–Crippen MR) is 85.1 cm³/mol. The first kappa shape index (κ1) is 17.0. The van der Waals surface area contributed by atoms with Gasteiger partial charge in [-0.15, -0.1) is 0 Å². The van der Waals surface area contributed by atoms with E-state index >= 15 is 0 Å². The number of hydrogen-bond donors (Lipinski definition) is 1. The lowest BCUT2D eigenvalue weighted by Crippen LogP contribution is -2.26. The highest BCUT2D eigenvalue weighted by Crippen LogP contribution is 2.15. The molecular formula is C16H31N3O. The van der Waals surface area contributed by atoms with E-state index in [1.165, 1.54) is 25.7 Å². The van der Waals surface area contributed by atoms with Crippen LogP contribution in [-0.4, -0.2) is 24.6 Å². The van der Waals surface area contributed by atoms with Crippen molar-refractivity contribution in [3.63, 3.8) is 0 Å². The summed E-state index contributed by atoms with van der Waals surface area (Å²) in [6.07, 6.45) is 6.56. The Morgan fingerprint density at radius 1 is 1.20 bits per heavy atom. The molecule has 0 unspecified atom stereocenters. The van der Waals surface area contributed by atoms with Gasteiger partial charge in [-0.3, -0.25) is 0 Å². The molecule has 4 heteroatoms. The largest absolute Gasteiger partial charge is 0.432 e. The van der Waals surface area contributed by atoms with Crippen LogP contribution in [0.25, 0.3) is 0 Å². The first-order valence-corrected chi connectivity index (χ1v) is 8.07. The van der Waals surface area contributed by atoms with E-state index in [-0.39, 0.29) is 0 Å². The summed E-state index contributed by atoms with van der Waals surface area (Å²) in [7, 11) is 0. The van der Waals surface area contributed by atoms with Gasteiger partial charge in [0, 0.05) is 19.6 Å². The Labute approximate surface area is 123 Å². The van der Waals surface area contributed by atoms with E-state index in [0.717, 1.165) is 37.9 Å². The third kappa shape index (κ3) is 6.42. The van der Waals surface area contributed by atoms with Crippen LogP contribution in [0.15, 0.2) is 10.7 Å². The lowest BCUT2D eigenvalue weighted by atomic mass is 10.2. The Hall–Kier alpha value is -1.03. The van der Waals surface area contributed by atoms with Crippen LogP contribution in [0.5, 0.6) is 0 Å². The molecule has 1 aromatic heterocycles. The zero-order valence-corrected chi connectivity index (χ0v) is 13.6. The maximum atomic E-state index is 5.65. The smallest absolute Gasteiger partial charge is 0.297 e. The second kappa shape index (κ2) is 9.81. The molecule has 20 heavy (non-hydrogen) atoms. The van der Waals surface area contributed by atoms with Gasteiger partial charge in [0.1, 0.15) is 6.26 Å². The Kier molecular flexibility index (Phi) is 8.35. The number of hydrogen-bond acceptors (Lipinski definition) is 4. The van der Waals surface area contributed by atoms with Crippen molar-refractivity contribution in [2.75, 3.05) is 24.5 Å². The van der Waals surface area contributed by atoms with Crippen molar-refractivity contribution in [2.24, 2.45) is 5.92 Å². The fourth-order valence-corrected chi connectivity index (χ4v) is 2.01. The Morgan fingerprint density at radius 2 is 1.85 bits per heavy atom. The number of nitrogens with one attached hydrogen (secondary N) is 1. The molecule has 0 saturated carbocycles. The summed E-state index contributed by atoms with van der Waals surface area (Å²) < 4.78 is 5.65. The minimum absolute atomic E-state index is 0.659. The Morgan fingerprint density at radius 3 is 2.40 bits per heavy atom. The Balaban J connectivity index is 2.50. The van der Waals surface area contributed by atoms with Gasteiger partial charge >= 0.3 is 0 Å². The number of oxazole rings is 1. The van der Waals surface area contributed by atoms with Crippen LogP contribution >= 0.6 is 0 Å². The van der Waals surface area contributed by atoms with Gasteiger partial charge in [0.25, 0.3) is 6.01 Å². The molecule has 0 amide bonds. The van der Waals surface area contributed by atoms with Crippen LogP contribution < -0.4 is 10.2 Å². The van der Waals surface area contributed by atoms with Gasteiger partial charge in [-0.25, -0.2) is 0 Å². The third-order valence-corrected chi connectivity index (χ3v) is 3.23. The first-order chi connectivity index (χ1) is 9.67. The lowest BCUT2D eigenvalue weighted by molar-refractivity contribution is 0.519. The molecule has 116 valence electrons. The van der Waals surface area contributed by atoms with Crippen LogP contribution in [-0.2, 0) is 6.54 Å². The zero-order valence-electron chi connectivity index (χ0n) is 13.6. The standard InChI is InChI=1S/C16H31N3O/c1-5-7-9-19(10-8-6-2)16-18-15(13-20-16)12-17-11-14(3)4/h13-14,17H,5-12H2,1-4H3. The SMILES string of the molecule is CCCCN(CCCC)c1nc(CNCC(C)C)co1. The average molecular weight is 281 g/mol. The highest BCUT2D eigenvalue weighted by Gasteiger charge is 2.12. The normalized spacial score (nSPS) is 11.2. The molecule has 1 heterocycles. The quantitative estimate of drug-likeness (QED) is 0.669. The van der Waals surface area contributed by atoms with Crippen molar-refractivity contribution in [2.45, 2.75) is 59.9 Å². The van der Waals surface area contributed by atoms with E-state index in [4.69, 9.17) is 4.42 Å². The van der Waals surface area contributed by atoms with Crippen molar-refractivity contribution >= 4 is 6.01 Å². The molecule has 1 rings (SSSR count). The number of nitrogens with zero attached hydrogens (tertiary/aromatic N) is 2. The molecule has 1 N–H and O–H groups in total. The van der Waals surface area contributed by atoms with Crippen molar-refractivity contribution in [3.8, 4) is 0 Å². The number of aromatic nitrogens is 1. The summed E-state index contributed by atoms with van der Waals surface area (Å²) in [6.45, 7) is 12.7. The molecule has 0 bridgehead atoms. The minimum atomic E-state index is 0.659. The van der Waals surface area contributed by atoms with Crippen LogP contribution in [0.3, 0.4) is 0 Å². The molecule has 0 radical (unpaired) electrons. The average Bonchev–Trinajstić information content (AvgIpc) is 2.87. The fraction of sp³-hybridized carbons (Fsp3) is 0.812. The van der Waals surface area contributed by atoms with E-state index < -0.39 is 0 Å². The first-order valence-electron chi connectivity index (χ1n) is 8.07. The van der Waals surface area contributed by atoms with E-state index in [1.807, 2.05) is 0 Å². The van der Waals surface area contributed by atoms with Gasteiger partial charge in [0.15, 0.2) is 0 Å². The number of rotatable bonds is 11. The van der Waals surface area contributed by atoms with Gasteiger partial charge in [0.05, 0.1) is 5.69 Å². The van der Waals surface area contributed by atoms with Gasteiger partial charge in [0.2, 0.25) is 0 Å². The summed E-state index contributed by atoms with van der Waals surface area (Å²) in [5.41, 5.74) is 0.999. The summed E-state index contributed by atoms with van der Waals surface area (Å²) in [5.74, 6) is 0.659. The minimum Gasteiger partial charge on any atom is -0.432 e. The molecule has 0 aliphatic rings. The monoisotopic (exact) mass is 281 g/mol. The van der Waals surface area contributed by atoms with Crippen LogP contribution in [0.1, 0.15) is 59.1 Å². The fourth-order valence-electron chi connectivity index (χ4n) is 2.01. The summed E-state index contributed by atoms with van der Waals surface area (Å²) >= 11 is 0. The van der Waals surface area contributed by atoms with Gasteiger partial charge in [-0.1, -0.05) is 40.5 Å². The van der Waals surface area contributed by atoms with E-state index in [1.54, 1.807) is 6.26 Å². The molecule has 1 aromatic rings. The highest BCUT2D eigenvalue weighted by atomic mass is 16.4.